The summed E-state index contributed by atoms with van der Waals surface area (Å²) in [4.78, 5) is 57.4. The highest BCUT2D eigenvalue weighted by Gasteiger charge is 2.32. The maximum absolute atomic E-state index is 13.4. The van der Waals surface area contributed by atoms with Gasteiger partial charge in [-0.15, -0.1) is 0 Å². The van der Waals surface area contributed by atoms with E-state index in [1.807, 2.05) is 31.2 Å². The van der Waals surface area contributed by atoms with Gasteiger partial charge in [0.2, 0.25) is 17.7 Å². The third-order valence-electron chi connectivity index (χ3n) is 6.29. The van der Waals surface area contributed by atoms with E-state index in [1.165, 1.54) is 0 Å². The lowest BCUT2D eigenvalue weighted by molar-refractivity contribution is -0.142. The van der Waals surface area contributed by atoms with E-state index in [1.54, 1.807) is 13.1 Å². The van der Waals surface area contributed by atoms with Crippen LogP contribution < -0.4 is 33.2 Å². The van der Waals surface area contributed by atoms with Gasteiger partial charge in [0.25, 0.3) is 0 Å². The van der Waals surface area contributed by atoms with Gasteiger partial charge in [0, 0.05) is 30.1 Å². The van der Waals surface area contributed by atoms with Gasteiger partial charge in [-0.05, 0) is 30.4 Å². The lowest BCUT2D eigenvalue weighted by Gasteiger charge is -2.27. The normalized spacial score (nSPS) is 14.1. The van der Waals surface area contributed by atoms with Gasteiger partial charge in [-0.25, -0.2) is 4.79 Å². The number of guanidine groups is 1. The Morgan fingerprint density at radius 3 is 2.39 bits per heavy atom. The molecule has 0 bridgehead atoms. The molecule has 0 fully saturated rings. The molecule has 2 aromatic rings. The number of para-hydroxylation sites is 1. The molecule has 0 aliphatic carbocycles. The maximum Gasteiger partial charge on any atom is 0.326 e. The molecule has 0 aliphatic rings. The molecule has 0 radical (unpaired) electrons. The molecular weight excluding hydrogens is 492 g/mol. The van der Waals surface area contributed by atoms with Gasteiger partial charge in [0.05, 0.1) is 6.54 Å². The zero-order chi connectivity index (χ0) is 28.2. The van der Waals surface area contributed by atoms with Gasteiger partial charge < -0.3 is 43.2 Å². The van der Waals surface area contributed by atoms with Crippen molar-refractivity contribution >= 4 is 40.6 Å². The Morgan fingerprint density at radius 1 is 1.05 bits per heavy atom. The predicted molar refractivity (Wildman–Crippen MR) is 144 cm³/mol. The fourth-order valence-corrected chi connectivity index (χ4v) is 3.96. The zero-order valence-corrected chi connectivity index (χ0v) is 21.7. The van der Waals surface area contributed by atoms with E-state index in [-0.39, 0.29) is 37.8 Å². The number of rotatable bonds is 15. The molecule has 1 heterocycles. The summed E-state index contributed by atoms with van der Waals surface area (Å²) in [5, 5.41) is 18.3. The van der Waals surface area contributed by atoms with E-state index in [0.717, 1.165) is 16.5 Å². The first-order valence-corrected chi connectivity index (χ1v) is 12.5. The smallest absolute Gasteiger partial charge is 0.326 e. The van der Waals surface area contributed by atoms with Gasteiger partial charge in [-0.2, -0.15) is 0 Å². The Balaban J connectivity index is 2.19. The van der Waals surface area contributed by atoms with Crippen molar-refractivity contribution in [2.75, 3.05) is 13.1 Å². The molecule has 0 saturated carbocycles. The molecular formula is C25H38N8O5. The molecule has 0 spiro atoms. The molecule has 1 aromatic carbocycles. The number of hydrogen-bond acceptors (Lipinski definition) is 6. The number of carboxylic acid groups (broad SMARTS) is 1. The molecule has 3 amide bonds. The van der Waals surface area contributed by atoms with E-state index >= 15 is 0 Å². The van der Waals surface area contributed by atoms with Crippen molar-refractivity contribution in [1.82, 2.24) is 20.9 Å². The van der Waals surface area contributed by atoms with E-state index in [2.05, 4.69) is 25.9 Å². The second-order valence-corrected chi connectivity index (χ2v) is 9.11. The minimum absolute atomic E-state index is 0.0920. The van der Waals surface area contributed by atoms with Crippen LogP contribution in [0.5, 0.6) is 0 Å². The summed E-state index contributed by atoms with van der Waals surface area (Å²) in [6.07, 6.45) is 2.86. The summed E-state index contributed by atoms with van der Waals surface area (Å²) in [5.74, 6) is -3.40. The van der Waals surface area contributed by atoms with Crippen LogP contribution in [-0.2, 0) is 25.6 Å². The molecule has 13 heteroatoms. The van der Waals surface area contributed by atoms with Crippen LogP contribution in [-0.4, -0.2) is 71.0 Å². The van der Waals surface area contributed by atoms with Crippen molar-refractivity contribution in [3.05, 3.63) is 36.0 Å². The molecule has 4 unspecified atom stereocenters. The number of aromatic amines is 1. The molecule has 13 nitrogen and oxygen atoms in total. The first-order valence-electron chi connectivity index (χ1n) is 12.5. The number of hydrogen-bond donors (Lipinski definition) is 8. The fourth-order valence-electron chi connectivity index (χ4n) is 3.96. The molecule has 38 heavy (non-hydrogen) atoms. The van der Waals surface area contributed by atoms with Crippen LogP contribution in [0.2, 0.25) is 0 Å². The summed E-state index contributed by atoms with van der Waals surface area (Å²) in [7, 11) is 0. The Morgan fingerprint density at radius 2 is 1.76 bits per heavy atom. The van der Waals surface area contributed by atoms with Crippen molar-refractivity contribution in [2.45, 2.75) is 57.7 Å². The van der Waals surface area contributed by atoms with E-state index in [9.17, 15) is 24.3 Å². The lowest BCUT2D eigenvalue weighted by Crippen LogP contribution is -2.58. The SMILES string of the molecule is CCC(C)C(NC(=O)C(Cc1c[nH]c2ccccc12)NC(=O)CN)C(=O)NC(CCCN=C(N)N)C(=O)O. The Labute approximate surface area is 221 Å². The van der Waals surface area contributed by atoms with Crippen molar-refractivity contribution in [3.63, 3.8) is 0 Å². The standard InChI is InChI=1S/C25H38N8O5/c1-3-14(2)21(23(36)32-18(24(37)38)9-6-10-29-25(27)28)33-22(35)19(31-20(34)12-26)11-15-13-30-17-8-5-4-7-16(15)17/h4-5,7-8,13-14,18-19,21,30H,3,6,9-12,26H2,1-2H3,(H,31,34)(H,32,36)(H,33,35)(H,37,38)(H4,27,28,29). The average Bonchev–Trinajstić information content (AvgIpc) is 3.30. The number of aliphatic imine (C=N–C) groups is 1. The number of carboxylic acids is 1. The van der Waals surface area contributed by atoms with E-state index in [0.29, 0.717) is 12.8 Å². The number of carbonyl (C=O) groups is 4. The Hall–Kier alpha value is -4.13. The minimum Gasteiger partial charge on any atom is -0.480 e. The summed E-state index contributed by atoms with van der Waals surface area (Å²) in [6, 6.07) is 4.29. The monoisotopic (exact) mass is 530 g/mol. The summed E-state index contributed by atoms with van der Waals surface area (Å²) >= 11 is 0. The van der Waals surface area contributed by atoms with E-state index < -0.39 is 41.8 Å². The highest BCUT2D eigenvalue weighted by atomic mass is 16.4. The molecule has 0 saturated heterocycles. The number of carbonyl (C=O) groups excluding carboxylic acids is 3. The third kappa shape index (κ3) is 8.76. The molecule has 0 aliphatic heterocycles. The molecule has 1 aromatic heterocycles. The van der Waals surface area contributed by atoms with Crippen LogP contribution in [0, 0.1) is 5.92 Å². The largest absolute Gasteiger partial charge is 0.480 e. The number of nitrogens with zero attached hydrogens (tertiary/aromatic N) is 1. The second kappa shape index (κ2) is 14.6. The summed E-state index contributed by atoms with van der Waals surface area (Å²) in [6.45, 7) is 3.52. The van der Waals surface area contributed by atoms with Crippen molar-refractivity contribution in [1.29, 1.82) is 0 Å². The van der Waals surface area contributed by atoms with Crippen LogP contribution in [0.15, 0.2) is 35.5 Å². The highest BCUT2D eigenvalue weighted by molar-refractivity contribution is 5.94. The number of aliphatic carboxylic acids is 1. The molecule has 2 rings (SSSR count). The number of H-pyrrole nitrogens is 1. The van der Waals surface area contributed by atoms with Crippen LogP contribution in [0.25, 0.3) is 10.9 Å². The predicted octanol–water partition coefficient (Wildman–Crippen LogP) is -0.692. The van der Waals surface area contributed by atoms with E-state index in [4.69, 9.17) is 17.2 Å². The molecule has 4 atom stereocenters. The Kier molecular flexibility index (Phi) is 11.5. The minimum atomic E-state index is -1.22. The number of benzene rings is 1. The summed E-state index contributed by atoms with van der Waals surface area (Å²) < 4.78 is 0. The van der Waals surface area contributed by atoms with Crippen LogP contribution in [0.4, 0.5) is 0 Å². The highest BCUT2D eigenvalue weighted by Crippen LogP contribution is 2.19. The van der Waals surface area contributed by atoms with Gasteiger partial charge in [-0.1, -0.05) is 38.5 Å². The van der Waals surface area contributed by atoms with Gasteiger partial charge in [-0.3, -0.25) is 19.4 Å². The Bertz CT molecular complexity index is 1140. The summed E-state index contributed by atoms with van der Waals surface area (Å²) in [5.41, 5.74) is 17.7. The molecule has 208 valence electrons. The fraction of sp³-hybridized carbons (Fsp3) is 0.480. The first kappa shape index (κ1) is 30.1. The van der Waals surface area contributed by atoms with Crippen LogP contribution in [0.1, 0.15) is 38.7 Å². The number of aromatic nitrogens is 1. The maximum atomic E-state index is 13.4. The van der Waals surface area contributed by atoms with Crippen molar-refractivity contribution in [2.24, 2.45) is 28.1 Å². The zero-order valence-electron chi connectivity index (χ0n) is 21.7. The second-order valence-electron chi connectivity index (χ2n) is 9.11. The molecule has 11 N–H and O–H groups in total. The first-order chi connectivity index (χ1) is 18.1. The van der Waals surface area contributed by atoms with Gasteiger partial charge in [0.15, 0.2) is 5.96 Å². The number of amides is 3. The number of nitrogens with one attached hydrogen (secondary N) is 4. The van der Waals surface area contributed by atoms with Gasteiger partial charge in [0.1, 0.15) is 18.1 Å². The van der Waals surface area contributed by atoms with Crippen LogP contribution >= 0.6 is 0 Å². The quantitative estimate of drug-likeness (QED) is 0.0832. The van der Waals surface area contributed by atoms with Crippen molar-refractivity contribution in [3.8, 4) is 0 Å². The number of fused-ring (bicyclic) bond motifs is 1. The third-order valence-corrected chi connectivity index (χ3v) is 6.29. The van der Waals surface area contributed by atoms with Crippen molar-refractivity contribution < 1.29 is 24.3 Å². The van der Waals surface area contributed by atoms with Crippen LogP contribution in [0.3, 0.4) is 0 Å². The van der Waals surface area contributed by atoms with Gasteiger partial charge >= 0.3 is 5.97 Å². The topological polar surface area (TPSA) is 231 Å². The lowest BCUT2D eigenvalue weighted by atomic mass is 9.96. The average molecular weight is 531 g/mol. The number of nitrogens with two attached hydrogens (primary N) is 3.